The lowest BCUT2D eigenvalue weighted by Crippen LogP contribution is -2.52. The Morgan fingerprint density at radius 1 is 1.29 bits per heavy atom. The zero-order valence-electron chi connectivity index (χ0n) is 16.6. The lowest BCUT2D eigenvalue weighted by molar-refractivity contribution is -0.192. The second-order valence-electron chi connectivity index (χ2n) is 7.86. The van der Waals surface area contributed by atoms with Crippen molar-refractivity contribution >= 4 is 17.8 Å². The maximum atomic E-state index is 12.4. The van der Waals surface area contributed by atoms with Gasteiger partial charge in [0.1, 0.15) is 0 Å². The van der Waals surface area contributed by atoms with Crippen LogP contribution in [0.3, 0.4) is 0 Å². The molecule has 31 heavy (non-hydrogen) atoms. The van der Waals surface area contributed by atoms with Crippen LogP contribution in [-0.4, -0.2) is 67.9 Å². The van der Waals surface area contributed by atoms with Gasteiger partial charge in [-0.05, 0) is 30.7 Å². The van der Waals surface area contributed by atoms with Gasteiger partial charge in [-0.3, -0.25) is 14.3 Å². The van der Waals surface area contributed by atoms with Crippen molar-refractivity contribution in [3.05, 3.63) is 42.0 Å². The van der Waals surface area contributed by atoms with Crippen molar-refractivity contribution in [2.45, 2.75) is 31.5 Å². The van der Waals surface area contributed by atoms with Crippen molar-refractivity contribution in [1.29, 1.82) is 0 Å². The molecule has 1 saturated carbocycles. The fraction of sp³-hybridized carbons (Fsp3) is 0.474. The molecule has 0 bridgehead atoms. The monoisotopic (exact) mass is 441 g/mol. The number of carbonyl (C=O) groups is 3. The number of nitrogens with zero attached hydrogens (tertiary/aromatic N) is 3. The lowest BCUT2D eigenvalue weighted by atomic mass is 9.65. The largest absolute Gasteiger partial charge is 0.490 e. The van der Waals surface area contributed by atoms with E-state index < -0.39 is 12.1 Å². The number of carboxylic acid groups (broad SMARTS) is 1. The quantitative estimate of drug-likeness (QED) is 0.671. The maximum absolute atomic E-state index is 12.4. The molecule has 2 aliphatic rings. The number of aromatic nitrogens is 3. The van der Waals surface area contributed by atoms with Crippen molar-refractivity contribution in [3.8, 4) is 0 Å². The molecule has 1 saturated heterocycles. The molecule has 0 unspecified atom stereocenters. The summed E-state index contributed by atoms with van der Waals surface area (Å²) in [4.78, 5) is 38.3. The zero-order valence-corrected chi connectivity index (χ0v) is 16.6. The Hall–Kier alpha value is -3.31. The van der Waals surface area contributed by atoms with Crippen LogP contribution in [0.2, 0.25) is 0 Å². The number of hydrogen-bond acceptors (Lipinski definition) is 4. The summed E-state index contributed by atoms with van der Waals surface area (Å²) in [6.45, 7) is 1.59. The Labute approximate surface area is 175 Å². The van der Waals surface area contributed by atoms with Crippen molar-refractivity contribution < 1.29 is 32.7 Å². The molecule has 2 fully saturated rings. The molecule has 9 nitrogen and oxygen atoms in total. The fourth-order valence-electron chi connectivity index (χ4n) is 3.98. The first kappa shape index (κ1) is 22.4. The molecule has 1 spiro atoms. The first-order chi connectivity index (χ1) is 14.5. The average Bonchev–Trinajstić information content (AvgIpc) is 3.41. The van der Waals surface area contributed by atoms with E-state index >= 15 is 0 Å². The standard InChI is InChI=1S/C17H21N5O2.C2HF3O2/c1-21-10-13(9-19-21)15(23)20-14-6-17(7-14)3-5-22(11-17)16(24)12-2-4-18-8-12;3-2(4,5)1(6)7/h2,4,8-10,14,18H,3,5-7,11H2,1H3,(H,20,23);(H,6,7). The highest BCUT2D eigenvalue weighted by molar-refractivity contribution is 5.94. The van der Waals surface area contributed by atoms with Gasteiger partial charge in [0.05, 0.1) is 17.3 Å². The topological polar surface area (TPSA) is 120 Å². The summed E-state index contributed by atoms with van der Waals surface area (Å²) in [6, 6.07) is 2.00. The molecule has 0 radical (unpaired) electrons. The van der Waals surface area contributed by atoms with Gasteiger partial charge in [-0.2, -0.15) is 18.3 Å². The van der Waals surface area contributed by atoms with Gasteiger partial charge in [-0.1, -0.05) is 0 Å². The molecule has 3 N–H and O–H groups in total. The number of amides is 2. The van der Waals surface area contributed by atoms with Gasteiger partial charge >= 0.3 is 12.1 Å². The summed E-state index contributed by atoms with van der Waals surface area (Å²) < 4.78 is 33.4. The molecule has 4 rings (SSSR count). The van der Waals surface area contributed by atoms with Crippen LogP contribution in [0.15, 0.2) is 30.9 Å². The highest BCUT2D eigenvalue weighted by Crippen LogP contribution is 2.48. The highest BCUT2D eigenvalue weighted by Gasteiger charge is 2.49. The molecule has 2 aromatic rings. The minimum atomic E-state index is -5.08. The number of aryl methyl sites for hydroxylation is 1. The second kappa shape index (κ2) is 8.44. The number of nitrogens with one attached hydrogen (secondary N) is 2. The van der Waals surface area contributed by atoms with Gasteiger partial charge in [0.25, 0.3) is 11.8 Å². The number of carboxylic acids is 1. The van der Waals surface area contributed by atoms with Crippen LogP contribution in [0.4, 0.5) is 13.2 Å². The van der Waals surface area contributed by atoms with E-state index in [-0.39, 0.29) is 23.3 Å². The van der Waals surface area contributed by atoms with Crippen LogP contribution < -0.4 is 5.32 Å². The highest BCUT2D eigenvalue weighted by atomic mass is 19.4. The summed E-state index contributed by atoms with van der Waals surface area (Å²) in [5, 5.41) is 14.2. The average molecular weight is 441 g/mol. The summed E-state index contributed by atoms with van der Waals surface area (Å²) in [5.74, 6) is -2.73. The van der Waals surface area contributed by atoms with Gasteiger partial charge in [0.15, 0.2) is 0 Å². The van der Waals surface area contributed by atoms with Gasteiger partial charge in [-0.15, -0.1) is 0 Å². The number of rotatable bonds is 3. The Morgan fingerprint density at radius 3 is 2.48 bits per heavy atom. The predicted molar refractivity (Wildman–Crippen MR) is 101 cm³/mol. The van der Waals surface area contributed by atoms with Gasteiger partial charge in [0, 0.05) is 44.8 Å². The van der Waals surface area contributed by atoms with E-state index in [0.717, 1.165) is 32.4 Å². The third kappa shape index (κ3) is 5.25. The van der Waals surface area contributed by atoms with Crippen molar-refractivity contribution in [2.24, 2.45) is 12.5 Å². The normalized spacial score (nSPS) is 22.5. The first-order valence-electron chi connectivity index (χ1n) is 9.51. The summed E-state index contributed by atoms with van der Waals surface area (Å²) in [7, 11) is 1.80. The second-order valence-corrected chi connectivity index (χ2v) is 7.86. The maximum Gasteiger partial charge on any atom is 0.490 e. The minimum Gasteiger partial charge on any atom is -0.475 e. The number of aliphatic carboxylic acids is 1. The van der Waals surface area contributed by atoms with E-state index in [1.165, 1.54) is 0 Å². The van der Waals surface area contributed by atoms with E-state index in [1.54, 1.807) is 36.5 Å². The number of hydrogen-bond donors (Lipinski definition) is 3. The number of aromatic amines is 1. The predicted octanol–water partition coefficient (Wildman–Crippen LogP) is 1.81. The smallest absolute Gasteiger partial charge is 0.475 e. The van der Waals surface area contributed by atoms with Crippen LogP contribution in [0.5, 0.6) is 0 Å². The number of likely N-dealkylation sites (tertiary alicyclic amines) is 1. The molecule has 1 aliphatic heterocycles. The Bertz CT molecular complexity index is 948. The third-order valence-corrected chi connectivity index (χ3v) is 5.47. The van der Waals surface area contributed by atoms with E-state index in [0.29, 0.717) is 11.1 Å². The Kier molecular flexibility index (Phi) is 6.09. The number of alkyl halides is 3. The number of H-pyrrole nitrogens is 1. The zero-order chi connectivity index (χ0) is 22.8. The van der Waals surface area contributed by atoms with E-state index in [9.17, 15) is 22.8 Å². The van der Waals surface area contributed by atoms with E-state index in [1.807, 2.05) is 11.0 Å². The van der Waals surface area contributed by atoms with Gasteiger partial charge in [-0.25, -0.2) is 4.79 Å². The number of halogens is 3. The minimum absolute atomic E-state index is 0.0683. The van der Waals surface area contributed by atoms with Crippen molar-refractivity contribution in [1.82, 2.24) is 25.0 Å². The van der Waals surface area contributed by atoms with Crippen LogP contribution in [-0.2, 0) is 11.8 Å². The molecule has 3 heterocycles. The summed E-state index contributed by atoms with van der Waals surface area (Å²) >= 11 is 0. The molecule has 2 amide bonds. The molecular weight excluding hydrogens is 419 g/mol. The van der Waals surface area contributed by atoms with Crippen LogP contribution >= 0.6 is 0 Å². The van der Waals surface area contributed by atoms with E-state index in [2.05, 4.69) is 15.4 Å². The van der Waals surface area contributed by atoms with Crippen molar-refractivity contribution in [3.63, 3.8) is 0 Å². The molecule has 0 aromatic carbocycles. The Balaban J connectivity index is 0.000000339. The Morgan fingerprint density at radius 2 is 1.97 bits per heavy atom. The van der Waals surface area contributed by atoms with Crippen LogP contribution in [0.25, 0.3) is 0 Å². The fourth-order valence-corrected chi connectivity index (χ4v) is 3.98. The summed E-state index contributed by atoms with van der Waals surface area (Å²) in [6.07, 6.45) is 4.62. The molecule has 0 atom stereocenters. The van der Waals surface area contributed by atoms with Gasteiger partial charge < -0.3 is 20.3 Å². The van der Waals surface area contributed by atoms with E-state index in [4.69, 9.17) is 9.90 Å². The van der Waals surface area contributed by atoms with Crippen molar-refractivity contribution in [2.75, 3.05) is 13.1 Å². The SMILES string of the molecule is Cn1cc(C(=O)NC2CC3(CCN(C(=O)c4cc[nH]c4)C3)C2)cn1.O=C(O)C(F)(F)F. The summed E-state index contributed by atoms with van der Waals surface area (Å²) in [5.41, 5.74) is 1.49. The number of carbonyl (C=O) groups excluding carboxylic acids is 2. The lowest BCUT2D eigenvalue weighted by Gasteiger charge is -2.45. The third-order valence-electron chi connectivity index (χ3n) is 5.47. The van der Waals surface area contributed by atoms with Crippen LogP contribution in [0, 0.1) is 5.41 Å². The molecule has 168 valence electrons. The van der Waals surface area contributed by atoms with Gasteiger partial charge in [0.2, 0.25) is 0 Å². The molecule has 2 aromatic heterocycles. The molecular formula is C19H22F3N5O4. The van der Waals surface area contributed by atoms with Crippen LogP contribution in [0.1, 0.15) is 40.0 Å². The first-order valence-corrected chi connectivity index (χ1v) is 9.51. The molecule has 12 heteroatoms. The molecule has 1 aliphatic carbocycles.